The second kappa shape index (κ2) is 7.60. The van der Waals surface area contributed by atoms with Crippen molar-refractivity contribution in [2.24, 2.45) is 0 Å². The van der Waals surface area contributed by atoms with Gasteiger partial charge in [-0.3, -0.25) is 4.79 Å². The molecule has 0 heterocycles. The van der Waals surface area contributed by atoms with Gasteiger partial charge in [-0.15, -0.1) is 0 Å². The van der Waals surface area contributed by atoms with Crippen LogP contribution in [0.25, 0.3) is 0 Å². The first kappa shape index (κ1) is 16.8. The number of rotatable bonds is 6. The van der Waals surface area contributed by atoms with Gasteiger partial charge in [0.25, 0.3) is 5.91 Å². The summed E-state index contributed by atoms with van der Waals surface area (Å²) in [6, 6.07) is 10.3. The van der Waals surface area contributed by atoms with E-state index in [2.05, 4.69) is 5.32 Å². The second-order valence-electron chi connectivity index (χ2n) is 4.85. The Labute approximate surface area is 133 Å². The fourth-order valence-corrected chi connectivity index (χ4v) is 2.10. The van der Waals surface area contributed by atoms with Crippen molar-refractivity contribution >= 4 is 5.91 Å². The predicted octanol–water partition coefficient (Wildman–Crippen LogP) is 2.31. The molecule has 0 bridgehead atoms. The zero-order chi connectivity index (χ0) is 16.8. The van der Waals surface area contributed by atoms with Gasteiger partial charge in [0.1, 0.15) is 5.82 Å². The van der Waals surface area contributed by atoms with Crippen molar-refractivity contribution in [1.82, 2.24) is 5.32 Å². The lowest BCUT2D eigenvalue weighted by Crippen LogP contribution is -2.28. The van der Waals surface area contributed by atoms with E-state index in [4.69, 9.17) is 9.47 Å². The van der Waals surface area contributed by atoms with E-state index in [1.165, 1.54) is 32.4 Å². The highest BCUT2D eigenvalue weighted by atomic mass is 19.1. The number of ether oxygens (including phenoxy) is 2. The zero-order valence-corrected chi connectivity index (χ0v) is 12.9. The molecule has 1 amide bonds. The van der Waals surface area contributed by atoms with Crippen LogP contribution in [0.2, 0.25) is 0 Å². The lowest BCUT2D eigenvalue weighted by atomic mass is 10.1. The second-order valence-corrected chi connectivity index (χ2v) is 4.85. The molecule has 0 spiro atoms. The summed E-state index contributed by atoms with van der Waals surface area (Å²) >= 11 is 0. The average Bonchev–Trinajstić information content (AvgIpc) is 2.58. The largest absolute Gasteiger partial charge is 0.493 e. The van der Waals surface area contributed by atoms with Crippen LogP contribution in [0.4, 0.5) is 4.39 Å². The molecule has 6 heteroatoms. The van der Waals surface area contributed by atoms with Gasteiger partial charge >= 0.3 is 0 Å². The number of hydrogen-bond donors (Lipinski definition) is 2. The quantitative estimate of drug-likeness (QED) is 0.857. The number of carbonyl (C=O) groups is 1. The highest BCUT2D eigenvalue weighted by Crippen LogP contribution is 2.29. The van der Waals surface area contributed by atoms with E-state index in [1.54, 1.807) is 18.2 Å². The number of halogens is 1. The minimum absolute atomic E-state index is 0.00910. The minimum Gasteiger partial charge on any atom is -0.493 e. The first-order chi connectivity index (χ1) is 11.0. The maximum Gasteiger partial charge on any atom is 0.251 e. The molecule has 2 aromatic carbocycles. The number of nitrogens with one attached hydrogen (secondary N) is 1. The number of amides is 1. The highest BCUT2D eigenvalue weighted by Gasteiger charge is 2.14. The molecule has 122 valence electrons. The molecule has 0 aliphatic carbocycles. The van der Waals surface area contributed by atoms with Crippen LogP contribution in [0, 0.1) is 5.82 Å². The van der Waals surface area contributed by atoms with Crippen LogP contribution in [0.3, 0.4) is 0 Å². The van der Waals surface area contributed by atoms with Crippen molar-refractivity contribution in [2.45, 2.75) is 6.10 Å². The predicted molar refractivity (Wildman–Crippen MR) is 83.2 cm³/mol. The SMILES string of the molecule is COc1ccc(C(O)CNC(=O)c2cccc(F)c2)cc1OC. The van der Waals surface area contributed by atoms with Gasteiger partial charge in [0.15, 0.2) is 11.5 Å². The van der Waals surface area contributed by atoms with Crippen molar-refractivity contribution in [3.63, 3.8) is 0 Å². The highest BCUT2D eigenvalue weighted by molar-refractivity contribution is 5.94. The molecular weight excluding hydrogens is 301 g/mol. The summed E-state index contributed by atoms with van der Waals surface area (Å²) < 4.78 is 23.4. The summed E-state index contributed by atoms with van der Waals surface area (Å²) in [5, 5.41) is 12.7. The molecule has 23 heavy (non-hydrogen) atoms. The molecule has 0 saturated carbocycles. The average molecular weight is 319 g/mol. The Bertz CT molecular complexity index is 690. The minimum atomic E-state index is -0.924. The molecule has 5 nitrogen and oxygen atoms in total. The van der Waals surface area contributed by atoms with E-state index in [1.807, 2.05) is 0 Å². The van der Waals surface area contributed by atoms with Crippen molar-refractivity contribution in [3.8, 4) is 11.5 Å². The maximum absolute atomic E-state index is 13.1. The molecule has 0 fully saturated rings. The van der Waals surface area contributed by atoms with Crippen LogP contribution in [-0.4, -0.2) is 31.8 Å². The molecule has 2 rings (SSSR count). The Morgan fingerprint density at radius 3 is 2.57 bits per heavy atom. The summed E-state index contributed by atoms with van der Waals surface area (Å²) in [6.07, 6.45) is -0.924. The van der Waals surface area contributed by atoms with E-state index in [0.717, 1.165) is 6.07 Å². The van der Waals surface area contributed by atoms with Gasteiger partial charge in [-0.2, -0.15) is 0 Å². The normalized spacial score (nSPS) is 11.7. The Kier molecular flexibility index (Phi) is 5.54. The van der Waals surface area contributed by atoms with E-state index in [0.29, 0.717) is 17.1 Å². The number of aliphatic hydroxyl groups is 1. The van der Waals surface area contributed by atoms with Crippen LogP contribution in [-0.2, 0) is 0 Å². The summed E-state index contributed by atoms with van der Waals surface area (Å²) in [5.74, 6) is 0.0925. The van der Waals surface area contributed by atoms with Crippen LogP contribution in [0.1, 0.15) is 22.0 Å². The Balaban J connectivity index is 2.02. The van der Waals surface area contributed by atoms with E-state index in [9.17, 15) is 14.3 Å². The Morgan fingerprint density at radius 1 is 1.17 bits per heavy atom. The van der Waals surface area contributed by atoms with Gasteiger partial charge in [0, 0.05) is 12.1 Å². The molecule has 0 saturated heterocycles. The van der Waals surface area contributed by atoms with Gasteiger partial charge in [0.05, 0.1) is 20.3 Å². The van der Waals surface area contributed by atoms with Crippen molar-refractivity contribution in [3.05, 3.63) is 59.4 Å². The van der Waals surface area contributed by atoms with E-state index >= 15 is 0 Å². The third kappa shape index (κ3) is 4.20. The number of benzene rings is 2. The molecule has 0 radical (unpaired) electrons. The topological polar surface area (TPSA) is 67.8 Å². The molecule has 2 N–H and O–H groups in total. The number of hydrogen-bond acceptors (Lipinski definition) is 4. The zero-order valence-electron chi connectivity index (χ0n) is 12.9. The standard InChI is InChI=1S/C17H18FNO4/c1-22-15-7-6-11(9-16(15)23-2)14(20)10-19-17(21)12-4-3-5-13(18)8-12/h3-9,14,20H,10H2,1-2H3,(H,19,21). The van der Waals surface area contributed by atoms with Gasteiger partial charge < -0.3 is 19.9 Å². The summed E-state index contributed by atoms with van der Waals surface area (Å²) in [5.41, 5.74) is 0.770. The van der Waals surface area contributed by atoms with Crippen molar-refractivity contribution in [2.75, 3.05) is 20.8 Å². The van der Waals surface area contributed by atoms with Crippen LogP contribution in [0.15, 0.2) is 42.5 Å². The third-order valence-corrected chi connectivity index (χ3v) is 3.34. The lowest BCUT2D eigenvalue weighted by molar-refractivity contribution is 0.0915. The van der Waals surface area contributed by atoms with Gasteiger partial charge in [-0.1, -0.05) is 12.1 Å². The van der Waals surface area contributed by atoms with Gasteiger partial charge in [0.2, 0.25) is 0 Å². The number of methoxy groups -OCH3 is 2. The lowest BCUT2D eigenvalue weighted by Gasteiger charge is -2.15. The maximum atomic E-state index is 13.1. The van der Waals surface area contributed by atoms with Crippen LogP contribution in [0.5, 0.6) is 11.5 Å². The fourth-order valence-electron chi connectivity index (χ4n) is 2.10. The van der Waals surface area contributed by atoms with Crippen LogP contribution < -0.4 is 14.8 Å². The van der Waals surface area contributed by atoms with Crippen LogP contribution >= 0.6 is 0 Å². The molecule has 2 aromatic rings. The molecule has 0 aliphatic heterocycles. The summed E-state index contributed by atoms with van der Waals surface area (Å²) in [4.78, 5) is 11.9. The first-order valence-electron chi connectivity index (χ1n) is 6.99. The molecular formula is C17H18FNO4. The summed E-state index contributed by atoms with van der Waals surface area (Å²) in [6.45, 7) is -0.00910. The first-order valence-corrected chi connectivity index (χ1v) is 6.99. The number of carbonyl (C=O) groups excluding carboxylic acids is 1. The fraction of sp³-hybridized carbons (Fsp3) is 0.235. The smallest absolute Gasteiger partial charge is 0.251 e. The molecule has 1 unspecified atom stereocenters. The number of aliphatic hydroxyl groups excluding tert-OH is 1. The van der Waals surface area contributed by atoms with Crippen molar-refractivity contribution in [1.29, 1.82) is 0 Å². The Hall–Kier alpha value is -2.60. The summed E-state index contributed by atoms with van der Waals surface area (Å²) in [7, 11) is 3.02. The van der Waals surface area contributed by atoms with Gasteiger partial charge in [-0.05, 0) is 35.9 Å². The molecule has 0 aliphatic rings. The molecule has 1 atom stereocenters. The van der Waals surface area contributed by atoms with Gasteiger partial charge in [-0.25, -0.2) is 4.39 Å². The van der Waals surface area contributed by atoms with E-state index < -0.39 is 17.8 Å². The Morgan fingerprint density at radius 2 is 1.91 bits per heavy atom. The monoisotopic (exact) mass is 319 g/mol. The third-order valence-electron chi connectivity index (χ3n) is 3.34. The van der Waals surface area contributed by atoms with E-state index in [-0.39, 0.29) is 12.1 Å². The van der Waals surface area contributed by atoms with Crippen molar-refractivity contribution < 1.29 is 23.8 Å². The molecule has 0 aromatic heterocycles.